The van der Waals surface area contributed by atoms with Crippen molar-refractivity contribution >= 4 is 15.8 Å². The first-order chi connectivity index (χ1) is 7.06. The lowest BCUT2D eigenvalue weighted by atomic mass is 10.4. The number of ether oxygens (including phenoxy) is 1. The van der Waals surface area contributed by atoms with E-state index in [9.17, 15) is 13.2 Å². The smallest absolute Gasteiger partial charge is 0.306 e. The summed E-state index contributed by atoms with van der Waals surface area (Å²) in [4.78, 5) is 11.0. The van der Waals surface area contributed by atoms with Crippen molar-refractivity contribution in [3.63, 3.8) is 0 Å². The molecule has 0 heterocycles. The molecule has 0 N–H and O–H groups in total. The summed E-state index contributed by atoms with van der Waals surface area (Å²) < 4.78 is 28.2. The van der Waals surface area contributed by atoms with Crippen LogP contribution in [-0.4, -0.2) is 32.0 Å². The van der Waals surface area contributed by atoms with Crippen molar-refractivity contribution in [1.82, 2.24) is 0 Å². The minimum absolute atomic E-state index is 0.00727. The van der Waals surface area contributed by atoms with Gasteiger partial charge in [-0.05, 0) is 19.8 Å². The standard InChI is InChI=1S/C10H18O4S/c1-2-14-10(11)7-8-15(12,13)9-5-3-4-6-9/h9H,2-8H2,1H3. The van der Waals surface area contributed by atoms with Gasteiger partial charge in [0.2, 0.25) is 0 Å². The van der Waals surface area contributed by atoms with Gasteiger partial charge in [-0.2, -0.15) is 0 Å². The molecule has 1 rings (SSSR count). The van der Waals surface area contributed by atoms with Crippen molar-refractivity contribution in [1.29, 1.82) is 0 Å². The molecule has 0 spiro atoms. The Bertz CT molecular complexity index is 301. The predicted molar refractivity (Wildman–Crippen MR) is 57.3 cm³/mol. The normalized spacial score (nSPS) is 17.9. The highest BCUT2D eigenvalue weighted by Gasteiger charge is 2.28. The third kappa shape index (κ3) is 3.81. The Morgan fingerprint density at radius 2 is 1.93 bits per heavy atom. The molecule has 0 amide bonds. The Balaban J connectivity index is 2.39. The number of sulfone groups is 1. The van der Waals surface area contributed by atoms with Crippen LogP contribution in [-0.2, 0) is 19.4 Å². The van der Waals surface area contributed by atoms with Crippen LogP contribution < -0.4 is 0 Å². The monoisotopic (exact) mass is 234 g/mol. The van der Waals surface area contributed by atoms with Crippen molar-refractivity contribution in [3.8, 4) is 0 Å². The van der Waals surface area contributed by atoms with Gasteiger partial charge in [-0.25, -0.2) is 8.42 Å². The SMILES string of the molecule is CCOC(=O)CCS(=O)(=O)C1CCCC1. The minimum Gasteiger partial charge on any atom is -0.466 e. The molecule has 1 saturated carbocycles. The number of carbonyl (C=O) groups is 1. The van der Waals surface area contributed by atoms with Crippen LogP contribution in [0.4, 0.5) is 0 Å². The van der Waals surface area contributed by atoms with E-state index in [1.807, 2.05) is 0 Å². The maximum Gasteiger partial charge on any atom is 0.306 e. The van der Waals surface area contributed by atoms with Crippen molar-refractivity contribution in [2.24, 2.45) is 0 Å². The lowest BCUT2D eigenvalue weighted by Gasteiger charge is -2.10. The molecule has 0 aliphatic heterocycles. The van der Waals surface area contributed by atoms with Gasteiger partial charge in [0, 0.05) is 0 Å². The Labute approximate surface area is 90.9 Å². The summed E-state index contributed by atoms with van der Waals surface area (Å²) >= 11 is 0. The van der Waals surface area contributed by atoms with E-state index in [1.165, 1.54) is 0 Å². The average molecular weight is 234 g/mol. The molecule has 88 valence electrons. The zero-order chi connectivity index (χ0) is 11.3. The Morgan fingerprint density at radius 1 is 1.33 bits per heavy atom. The first-order valence-electron chi connectivity index (χ1n) is 5.43. The molecule has 0 unspecified atom stereocenters. The lowest BCUT2D eigenvalue weighted by Crippen LogP contribution is -2.23. The number of rotatable bonds is 5. The van der Waals surface area contributed by atoms with E-state index in [2.05, 4.69) is 0 Å². The van der Waals surface area contributed by atoms with Crippen molar-refractivity contribution < 1.29 is 17.9 Å². The fraction of sp³-hybridized carbons (Fsp3) is 0.900. The summed E-state index contributed by atoms with van der Waals surface area (Å²) in [5.74, 6) is -0.477. The summed E-state index contributed by atoms with van der Waals surface area (Å²) in [6, 6.07) is 0. The summed E-state index contributed by atoms with van der Waals surface area (Å²) in [6.07, 6.45) is 3.48. The van der Waals surface area contributed by atoms with Crippen LogP contribution in [0.1, 0.15) is 39.0 Å². The third-order valence-electron chi connectivity index (χ3n) is 2.71. The highest BCUT2D eigenvalue weighted by atomic mass is 32.2. The molecular weight excluding hydrogens is 216 g/mol. The molecule has 0 saturated heterocycles. The van der Waals surface area contributed by atoms with E-state index in [4.69, 9.17) is 4.74 Å². The molecular formula is C10H18O4S. The molecule has 0 aromatic carbocycles. The van der Waals surface area contributed by atoms with Crippen molar-refractivity contribution in [2.75, 3.05) is 12.4 Å². The van der Waals surface area contributed by atoms with E-state index in [1.54, 1.807) is 6.92 Å². The molecule has 0 atom stereocenters. The van der Waals surface area contributed by atoms with Gasteiger partial charge in [0.1, 0.15) is 0 Å². The van der Waals surface area contributed by atoms with E-state index >= 15 is 0 Å². The molecule has 5 heteroatoms. The summed E-state index contributed by atoms with van der Waals surface area (Å²) in [6.45, 7) is 2.02. The van der Waals surface area contributed by atoms with Gasteiger partial charge in [0.05, 0.1) is 24.0 Å². The molecule has 0 aromatic rings. The topological polar surface area (TPSA) is 60.4 Å². The minimum atomic E-state index is -3.07. The molecule has 1 fully saturated rings. The highest BCUT2D eigenvalue weighted by Crippen LogP contribution is 2.25. The van der Waals surface area contributed by atoms with Gasteiger partial charge < -0.3 is 4.74 Å². The molecule has 0 radical (unpaired) electrons. The molecule has 15 heavy (non-hydrogen) atoms. The fourth-order valence-electron chi connectivity index (χ4n) is 1.87. The zero-order valence-electron chi connectivity index (χ0n) is 9.07. The maximum absolute atomic E-state index is 11.7. The van der Waals surface area contributed by atoms with Crippen LogP contribution in [0.3, 0.4) is 0 Å². The highest BCUT2D eigenvalue weighted by molar-refractivity contribution is 7.92. The maximum atomic E-state index is 11.7. The molecule has 1 aliphatic carbocycles. The first kappa shape index (κ1) is 12.5. The number of hydrogen-bond donors (Lipinski definition) is 0. The lowest BCUT2D eigenvalue weighted by molar-refractivity contribution is -0.142. The van der Waals surface area contributed by atoms with Crippen molar-refractivity contribution in [2.45, 2.75) is 44.3 Å². The summed E-state index contributed by atoms with van der Waals surface area (Å²) in [7, 11) is -3.07. The van der Waals surface area contributed by atoms with Crippen LogP contribution in [0.15, 0.2) is 0 Å². The van der Waals surface area contributed by atoms with Crippen LogP contribution in [0.5, 0.6) is 0 Å². The van der Waals surface area contributed by atoms with E-state index < -0.39 is 15.8 Å². The van der Waals surface area contributed by atoms with Crippen LogP contribution >= 0.6 is 0 Å². The largest absolute Gasteiger partial charge is 0.466 e. The number of hydrogen-bond acceptors (Lipinski definition) is 4. The fourth-order valence-corrected chi connectivity index (χ4v) is 3.71. The molecule has 1 aliphatic rings. The second-order valence-electron chi connectivity index (χ2n) is 3.83. The Kier molecular flexibility index (Phi) is 4.57. The Morgan fingerprint density at radius 3 is 2.47 bits per heavy atom. The predicted octanol–water partition coefficient (Wildman–Crippen LogP) is 1.30. The second kappa shape index (κ2) is 5.49. The second-order valence-corrected chi connectivity index (χ2v) is 6.23. The summed E-state index contributed by atoms with van der Waals surface area (Å²) in [5.41, 5.74) is 0. The van der Waals surface area contributed by atoms with Gasteiger partial charge >= 0.3 is 5.97 Å². The van der Waals surface area contributed by atoms with E-state index in [0.29, 0.717) is 6.61 Å². The number of esters is 1. The van der Waals surface area contributed by atoms with Crippen LogP contribution in [0, 0.1) is 0 Å². The van der Waals surface area contributed by atoms with Crippen molar-refractivity contribution in [3.05, 3.63) is 0 Å². The van der Waals surface area contributed by atoms with Gasteiger partial charge in [-0.1, -0.05) is 12.8 Å². The zero-order valence-corrected chi connectivity index (χ0v) is 9.88. The van der Waals surface area contributed by atoms with Gasteiger partial charge in [0.25, 0.3) is 0 Å². The van der Waals surface area contributed by atoms with Crippen LogP contribution in [0.2, 0.25) is 0 Å². The number of carbonyl (C=O) groups excluding carboxylic acids is 1. The molecule has 4 nitrogen and oxygen atoms in total. The van der Waals surface area contributed by atoms with Gasteiger partial charge in [-0.3, -0.25) is 4.79 Å². The first-order valence-corrected chi connectivity index (χ1v) is 7.15. The van der Waals surface area contributed by atoms with E-state index in [0.717, 1.165) is 25.7 Å². The Hall–Kier alpha value is -0.580. The molecule has 0 aromatic heterocycles. The molecule has 0 bridgehead atoms. The quantitative estimate of drug-likeness (QED) is 0.673. The van der Waals surface area contributed by atoms with E-state index in [-0.39, 0.29) is 17.4 Å². The summed E-state index contributed by atoms with van der Waals surface area (Å²) in [5, 5.41) is -0.216. The van der Waals surface area contributed by atoms with Gasteiger partial charge in [0.15, 0.2) is 9.84 Å². The van der Waals surface area contributed by atoms with Crippen LogP contribution in [0.25, 0.3) is 0 Å². The average Bonchev–Trinajstić information content (AvgIpc) is 2.69. The van der Waals surface area contributed by atoms with Gasteiger partial charge in [-0.15, -0.1) is 0 Å². The third-order valence-corrected chi connectivity index (χ3v) is 4.97.